The Morgan fingerprint density at radius 2 is 1.59 bits per heavy atom. The fourth-order valence-corrected chi connectivity index (χ4v) is 2.75. The molecule has 0 aliphatic carbocycles. The first-order valence-corrected chi connectivity index (χ1v) is 9.51. The highest BCUT2D eigenvalue weighted by Gasteiger charge is 2.10. The lowest BCUT2D eigenvalue weighted by atomic mass is 10.0. The molecule has 0 atom stereocenters. The Balaban J connectivity index is 1.62. The first-order valence-electron chi connectivity index (χ1n) is 9.51. The monoisotopic (exact) mass is 388 g/mol. The van der Waals surface area contributed by atoms with Crippen LogP contribution in [-0.4, -0.2) is 18.4 Å². The van der Waals surface area contributed by atoms with Gasteiger partial charge in [-0.25, -0.2) is 0 Å². The lowest BCUT2D eigenvalue weighted by Crippen LogP contribution is -2.21. The topological polar surface area (TPSA) is 67.4 Å². The predicted molar refractivity (Wildman–Crippen MR) is 116 cm³/mol. The summed E-state index contributed by atoms with van der Waals surface area (Å²) in [5.41, 5.74) is 3.33. The quantitative estimate of drug-likeness (QED) is 0.601. The number of benzene rings is 3. The van der Waals surface area contributed by atoms with E-state index >= 15 is 0 Å². The third kappa shape index (κ3) is 5.69. The molecular formula is C24H24N2O3. The van der Waals surface area contributed by atoms with Crippen LogP contribution >= 0.6 is 0 Å². The van der Waals surface area contributed by atoms with Gasteiger partial charge in [0.25, 0.3) is 5.91 Å². The maximum Gasteiger partial charge on any atom is 0.262 e. The fraction of sp³-hybridized carbons (Fsp3) is 0.167. The predicted octanol–water partition coefficient (Wildman–Crippen LogP) is 4.97. The van der Waals surface area contributed by atoms with Gasteiger partial charge in [0.1, 0.15) is 5.75 Å². The number of nitrogens with one attached hydrogen (secondary N) is 2. The molecule has 3 rings (SSSR count). The van der Waals surface area contributed by atoms with Gasteiger partial charge in [0.2, 0.25) is 5.91 Å². The van der Waals surface area contributed by atoms with Crippen molar-refractivity contribution in [3.63, 3.8) is 0 Å². The summed E-state index contributed by atoms with van der Waals surface area (Å²) in [5.74, 6) is 0.0653. The molecule has 3 aromatic rings. The maximum atomic E-state index is 12.4. The molecule has 0 saturated carbocycles. The van der Waals surface area contributed by atoms with Crippen LogP contribution < -0.4 is 15.4 Å². The Labute approximate surface area is 170 Å². The van der Waals surface area contributed by atoms with Crippen LogP contribution in [0.2, 0.25) is 0 Å². The standard InChI is InChI=1S/C24H24N2O3/c1-17(2)24(28)25-19-11-8-12-20(15-19)29-16-23(27)26-22-14-7-6-13-21(22)18-9-4-3-5-10-18/h3-15,17H,16H2,1-2H3,(H,25,28)(H,26,27). The summed E-state index contributed by atoms with van der Waals surface area (Å²) in [5, 5.41) is 5.72. The van der Waals surface area contributed by atoms with Crippen LogP contribution in [0.4, 0.5) is 11.4 Å². The van der Waals surface area contributed by atoms with E-state index in [-0.39, 0.29) is 24.3 Å². The van der Waals surface area contributed by atoms with Crippen molar-refractivity contribution in [1.82, 2.24) is 0 Å². The van der Waals surface area contributed by atoms with Crippen molar-refractivity contribution in [2.24, 2.45) is 5.92 Å². The maximum absolute atomic E-state index is 12.4. The molecule has 5 nitrogen and oxygen atoms in total. The normalized spacial score (nSPS) is 10.4. The summed E-state index contributed by atoms with van der Waals surface area (Å²) in [6, 6.07) is 24.5. The molecule has 0 heterocycles. The smallest absolute Gasteiger partial charge is 0.262 e. The van der Waals surface area contributed by atoms with Crippen molar-refractivity contribution in [2.45, 2.75) is 13.8 Å². The average Bonchev–Trinajstić information content (AvgIpc) is 2.73. The lowest BCUT2D eigenvalue weighted by Gasteiger charge is -2.13. The van der Waals surface area contributed by atoms with E-state index < -0.39 is 0 Å². The number of carbonyl (C=O) groups is 2. The van der Waals surface area contributed by atoms with Crippen LogP contribution in [0.3, 0.4) is 0 Å². The van der Waals surface area contributed by atoms with Gasteiger partial charge in [0, 0.05) is 28.9 Å². The summed E-state index contributed by atoms with van der Waals surface area (Å²) in [6.45, 7) is 3.52. The minimum Gasteiger partial charge on any atom is -0.484 e. The molecule has 5 heteroatoms. The molecule has 0 aromatic heterocycles. The van der Waals surface area contributed by atoms with E-state index in [4.69, 9.17) is 4.74 Å². The summed E-state index contributed by atoms with van der Waals surface area (Å²) in [7, 11) is 0. The molecule has 0 aliphatic rings. The largest absolute Gasteiger partial charge is 0.484 e. The van der Waals surface area contributed by atoms with Gasteiger partial charge in [-0.05, 0) is 23.8 Å². The van der Waals surface area contributed by atoms with Crippen molar-refractivity contribution in [3.8, 4) is 16.9 Å². The molecule has 0 fully saturated rings. The molecule has 3 aromatic carbocycles. The van der Waals surface area contributed by atoms with Gasteiger partial charge < -0.3 is 15.4 Å². The second-order valence-corrected chi connectivity index (χ2v) is 6.92. The number of ether oxygens (including phenoxy) is 1. The molecule has 0 radical (unpaired) electrons. The van der Waals surface area contributed by atoms with Crippen molar-refractivity contribution in [3.05, 3.63) is 78.9 Å². The Morgan fingerprint density at radius 1 is 0.862 bits per heavy atom. The Hall–Kier alpha value is -3.60. The van der Waals surface area contributed by atoms with E-state index in [2.05, 4.69) is 10.6 Å². The van der Waals surface area contributed by atoms with Crippen molar-refractivity contribution in [2.75, 3.05) is 17.2 Å². The zero-order valence-corrected chi connectivity index (χ0v) is 16.5. The highest BCUT2D eigenvalue weighted by Crippen LogP contribution is 2.27. The first kappa shape index (κ1) is 20.1. The first-order chi connectivity index (χ1) is 14.0. The third-order valence-corrected chi connectivity index (χ3v) is 4.28. The van der Waals surface area contributed by atoms with Crippen molar-refractivity contribution in [1.29, 1.82) is 0 Å². The van der Waals surface area contributed by atoms with Gasteiger partial charge in [0.15, 0.2) is 6.61 Å². The Kier molecular flexibility index (Phi) is 6.63. The second kappa shape index (κ2) is 9.55. The van der Waals surface area contributed by atoms with Gasteiger partial charge in [-0.1, -0.05) is 68.4 Å². The molecule has 0 bridgehead atoms. The minimum atomic E-state index is -0.259. The molecule has 0 aliphatic heterocycles. The van der Waals surface area contributed by atoms with Crippen LogP contribution in [0.15, 0.2) is 78.9 Å². The molecule has 0 unspecified atom stereocenters. The number of para-hydroxylation sites is 1. The second-order valence-electron chi connectivity index (χ2n) is 6.92. The van der Waals surface area contributed by atoms with Crippen molar-refractivity contribution >= 4 is 23.2 Å². The summed E-state index contributed by atoms with van der Waals surface area (Å²) in [6.07, 6.45) is 0. The SMILES string of the molecule is CC(C)C(=O)Nc1cccc(OCC(=O)Nc2ccccc2-c2ccccc2)c1. The highest BCUT2D eigenvalue weighted by molar-refractivity contribution is 5.96. The van der Waals surface area contributed by atoms with E-state index in [1.54, 1.807) is 24.3 Å². The fourth-order valence-electron chi connectivity index (χ4n) is 2.75. The number of amides is 2. The van der Waals surface area contributed by atoms with E-state index in [0.29, 0.717) is 11.4 Å². The van der Waals surface area contributed by atoms with E-state index in [1.807, 2.05) is 68.4 Å². The lowest BCUT2D eigenvalue weighted by molar-refractivity contribution is -0.119. The molecule has 148 valence electrons. The van der Waals surface area contributed by atoms with Gasteiger partial charge >= 0.3 is 0 Å². The third-order valence-electron chi connectivity index (χ3n) is 4.28. The average molecular weight is 388 g/mol. The van der Waals surface area contributed by atoms with Crippen molar-refractivity contribution < 1.29 is 14.3 Å². The molecule has 2 N–H and O–H groups in total. The van der Waals surface area contributed by atoms with E-state index in [9.17, 15) is 9.59 Å². The van der Waals surface area contributed by atoms with Crippen LogP contribution in [0.5, 0.6) is 5.75 Å². The number of anilines is 2. The number of hydrogen-bond acceptors (Lipinski definition) is 3. The Morgan fingerprint density at radius 3 is 2.34 bits per heavy atom. The van der Waals surface area contributed by atoms with Gasteiger partial charge in [-0.3, -0.25) is 9.59 Å². The highest BCUT2D eigenvalue weighted by atomic mass is 16.5. The van der Waals surface area contributed by atoms with Gasteiger partial charge in [0.05, 0.1) is 0 Å². The molecule has 29 heavy (non-hydrogen) atoms. The molecular weight excluding hydrogens is 364 g/mol. The molecule has 2 amide bonds. The number of carbonyl (C=O) groups excluding carboxylic acids is 2. The summed E-state index contributed by atoms with van der Waals surface area (Å²) < 4.78 is 5.60. The molecule has 0 saturated heterocycles. The zero-order chi connectivity index (χ0) is 20.6. The van der Waals surface area contributed by atoms with Crippen LogP contribution in [0.25, 0.3) is 11.1 Å². The number of rotatable bonds is 7. The van der Waals surface area contributed by atoms with E-state index in [1.165, 1.54) is 0 Å². The Bertz CT molecular complexity index is 984. The molecule has 0 spiro atoms. The summed E-state index contributed by atoms with van der Waals surface area (Å²) in [4.78, 5) is 24.2. The van der Waals surface area contributed by atoms with Crippen LogP contribution in [0, 0.1) is 5.92 Å². The van der Waals surface area contributed by atoms with Gasteiger partial charge in [-0.15, -0.1) is 0 Å². The minimum absolute atomic E-state index is 0.0718. The zero-order valence-electron chi connectivity index (χ0n) is 16.5. The number of hydrogen-bond donors (Lipinski definition) is 2. The van der Waals surface area contributed by atoms with Crippen LogP contribution in [0.1, 0.15) is 13.8 Å². The summed E-state index contributed by atoms with van der Waals surface area (Å²) >= 11 is 0. The van der Waals surface area contributed by atoms with Gasteiger partial charge in [-0.2, -0.15) is 0 Å². The van der Waals surface area contributed by atoms with E-state index in [0.717, 1.165) is 16.8 Å². The van der Waals surface area contributed by atoms with Crippen LogP contribution in [-0.2, 0) is 9.59 Å².